The molecule has 16 heavy (non-hydrogen) atoms. The van der Waals surface area contributed by atoms with Crippen molar-refractivity contribution in [2.45, 2.75) is 31.8 Å². The van der Waals surface area contributed by atoms with Crippen molar-refractivity contribution < 1.29 is 13.9 Å². The van der Waals surface area contributed by atoms with Gasteiger partial charge in [0.25, 0.3) is 0 Å². The molecule has 1 unspecified atom stereocenters. The van der Waals surface area contributed by atoms with Gasteiger partial charge in [-0.1, -0.05) is 19.3 Å². The van der Waals surface area contributed by atoms with Gasteiger partial charge in [0.05, 0.1) is 16.1 Å². The fourth-order valence-electron chi connectivity index (χ4n) is 2.01. The first-order valence-electron chi connectivity index (χ1n) is 5.41. The molecular formula is C12H13BrF2O. The Morgan fingerprint density at radius 3 is 2.62 bits per heavy atom. The van der Waals surface area contributed by atoms with Crippen LogP contribution in [-0.2, 0) is 0 Å². The minimum absolute atomic E-state index is 0.191. The van der Waals surface area contributed by atoms with Gasteiger partial charge in [0.15, 0.2) is 0 Å². The van der Waals surface area contributed by atoms with Gasteiger partial charge in [-0.25, -0.2) is 8.78 Å². The normalized spacial score (nSPS) is 18.2. The van der Waals surface area contributed by atoms with E-state index in [1.165, 1.54) is 12.1 Å². The van der Waals surface area contributed by atoms with E-state index < -0.39 is 17.7 Å². The molecule has 4 heteroatoms. The summed E-state index contributed by atoms with van der Waals surface area (Å²) >= 11 is 2.99. The van der Waals surface area contributed by atoms with Crippen molar-refractivity contribution in [3.05, 3.63) is 33.8 Å². The van der Waals surface area contributed by atoms with Crippen molar-refractivity contribution in [2.75, 3.05) is 0 Å². The van der Waals surface area contributed by atoms with E-state index in [0.717, 1.165) is 19.3 Å². The molecule has 1 atom stereocenters. The van der Waals surface area contributed by atoms with Crippen molar-refractivity contribution in [1.82, 2.24) is 0 Å². The third-order valence-corrected chi connectivity index (χ3v) is 3.81. The first-order chi connectivity index (χ1) is 7.59. The molecule has 1 aromatic rings. The van der Waals surface area contributed by atoms with E-state index in [2.05, 4.69) is 15.9 Å². The Morgan fingerprint density at radius 2 is 2.06 bits per heavy atom. The Bertz CT molecular complexity index is 391. The lowest BCUT2D eigenvalue weighted by Gasteiger charge is -2.27. The number of halogens is 3. The average Bonchev–Trinajstić information content (AvgIpc) is 2.18. The highest BCUT2D eigenvalue weighted by atomic mass is 79.9. The van der Waals surface area contributed by atoms with E-state index in [0.29, 0.717) is 12.3 Å². The van der Waals surface area contributed by atoms with E-state index in [1.54, 1.807) is 0 Å². The van der Waals surface area contributed by atoms with Crippen LogP contribution in [0.2, 0.25) is 0 Å². The van der Waals surface area contributed by atoms with E-state index in [-0.39, 0.29) is 10.0 Å². The van der Waals surface area contributed by atoms with Gasteiger partial charge < -0.3 is 5.11 Å². The van der Waals surface area contributed by atoms with E-state index in [9.17, 15) is 13.9 Å². The SMILES string of the molecule is OC(CC1CCC1)c1c(F)ccc(Br)c1F. The minimum Gasteiger partial charge on any atom is -0.388 e. The highest BCUT2D eigenvalue weighted by Gasteiger charge is 2.26. The lowest BCUT2D eigenvalue weighted by atomic mass is 9.80. The second-order valence-electron chi connectivity index (χ2n) is 4.31. The highest BCUT2D eigenvalue weighted by molar-refractivity contribution is 9.10. The summed E-state index contributed by atoms with van der Waals surface area (Å²) in [4.78, 5) is 0. The molecule has 0 amide bonds. The monoisotopic (exact) mass is 290 g/mol. The Hall–Kier alpha value is -0.480. The van der Waals surface area contributed by atoms with Crippen molar-refractivity contribution >= 4 is 15.9 Å². The first kappa shape index (κ1) is 12.0. The maximum Gasteiger partial charge on any atom is 0.146 e. The topological polar surface area (TPSA) is 20.2 Å². The molecule has 1 nitrogen and oxygen atoms in total. The van der Waals surface area contributed by atoms with Crippen LogP contribution in [0.1, 0.15) is 37.4 Å². The van der Waals surface area contributed by atoms with Crippen LogP contribution in [0.15, 0.2) is 16.6 Å². The van der Waals surface area contributed by atoms with Gasteiger partial charge in [0.2, 0.25) is 0 Å². The van der Waals surface area contributed by atoms with Gasteiger partial charge in [-0.05, 0) is 40.4 Å². The summed E-state index contributed by atoms with van der Waals surface area (Å²) < 4.78 is 27.3. The predicted octanol–water partition coefficient (Wildman–Crippen LogP) is 3.95. The van der Waals surface area contributed by atoms with Crippen LogP contribution in [0.5, 0.6) is 0 Å². The molecule has 1 aliphatic rings. The summed E-state index contributed by atoms with van der Waals surface area (Å²) in [6, 6.07) is 2.48. The first-order valence-corrected chi connectivity index (χ1v) is 6.20. The van der Waals surface area contributed by atoms with Gasteiger partial charge >= 0.3 is 0 Å². The van der Waals surface area contributed by atoms with Gasteiger partial charge in [-0.2, -0.15) is 0 Å². The molecule has 1 aliphatic carbocycles. The molecule has 0 bridgehead atoms. The quantitative estimate of drug-likeness (QED) is 0.836. The lowest BCUT2D eigenvalue weighted by Crippen LogP contribution is -2.16. The zero-order valence-corrected chi connectivity index (χ0v) is 10.3. The van der Waals surface area contributed by atoms with Gasteiger partial charge in [-0.15, -0.1) is 0 Å². The van der Waals surface area contributed by atoms with Crippen molar-refractivity contribution in [1.29, 1.82) is 0 Å². The standard InChI is InChI=1S/C12H13BrF2O/c13-8-4-5-9(14)11(12(8)15)10(16)6-7-2-1-3-7/h4-5,7,10,16H,1-3,6H2. The molecule has 1 fully saturated rings. The number of aliphatic hydroxyl groups excluding tert-OH is 1. The fraction of sp³-hybridized carbons (Fsp3) is 0.500. The van der Waals surface area contributed by atoms with Gasteiger partial charge in [0.1, 0.15) is 11.6 Å². The number of benzene rings is 1. The van der Waals surface area contributed by atoms with Crippen LogP contribution in [-0.4, -0.2) is 5.11 Å². The molecule has 88 valence electrons. The summed E-state index contributed by atoms with van der Waals surface area (Å²) in [5, 5.41) is 9.84. The van der Waals surface area contributed by atoms with Gasteiger partial charge in [0, 0.05) is 0 Å². The Morgan fingerprint density at radius 1 is 1.38 bits per heavy atom. The van der Waals surface area contributed by atoms with Crippen LogP contribution in [0.3, 0.4) is 0 Å². The molecule has 0 aliphatic heterocycles. The van der Waals surface area contributed by atoms with Crippen LogP contribution in [0.25, 0.3) is 0 Å². The van der Waals surface area contributed by atoms with Crippen LogP contribution in [0, 0.1) is 17.6 Å². The Balaban J connectivity index is 2.20. The Labute approximate surface area is 102 Å². The van der Waals surface area contributed by atoms with E-state index in [4.69, 9.17) is 0 Å². The molecular weight excluding hydrogens is 278 g/mol. The molecule has 2 rings (SSSR count). The number of rotatable bonds is 3. The van der Waals surface area contributed by atoms with Crippen molar-refractivity contribution in [3.63, 3.8) is 0 Å². The van der Waals surface area contributed by atoms with E-state index in [1.807, 2.05) is 0 Å². The molecule has 1 saturated carbocycles. The molecule has 0 heterocycles. The van der Waals surface area contributed by atoms with Crippen LogP contribution < -0.4 is 0 Å². The fourth-order valence-corrected chi connectivity index (χ4v) is 2.36. The summed E-state index contributed by atoms with van der Waals surface area (Å²) in [6.45, 7) is 0. The number of hydrogen-bond acceptors (Lipinski definition) is 1. The minimum atomic E-state index is -1.04. The largest absolute Gasteiger partial charge is 0.388 e. The maximum atomic E-state index is 13.6. The summed E-state index contributed by atoms with van der Waals surface area (Å²) in [6.07, 6.45) is 2.66. The summed E-state index contributed by atoms with van der Waals surface area (Å²) in [5.41, 5.74) is -0.207. The Kier molecular flexibility index (Phi) is 3.60. The average molecular weight is 291 g/mol. The second kappa shape index (κ2) is 4.80. The smallest absolute Gasteiger partial charge is 0.146 e. The maximum absolute atomic E-state index is 13.6. The zero-order chi connectivity index (χ0) is 11.7. The number of aliphatic hydroxyl groups is 1. The van der Waals surface area contributed by atoms with Crippen molar-refractivity contribution in [3.8, 4) is 0 Å². The molecule has 0 aromatic heterocycles. The summed E-state index contributed by atoms with van der Waals surface area (Å²) in [5.74, 6) is -0.952. The summed E-state index contributed by atoms with van der Waals surface area (Å²) in [7, 11) is 0. The second-order valence-corrected chi connectivity index (χ2v) is 5.16. The molecule has 0 spiro atoms. The third-order valence-electron chi connectivity index (χ3n) is 3.19. The number of hydrogen-bond donors (Lipinski definition) is 1. The molecule has 0 radical (unpaired) electrons. The highest BCUT2D eigenvalue weighted by Crippen LogP contribution is 2.37. The van der Waals surface area contributed by atoms with E-state index >= 15 is 0 Å². The molecule has 0 saturated heterocycles. The van der Waals surface area contributed by atoms with Crippen LogP contribution in [0.4, 0.5) is 8.78 Å². The zero-order valence-electron chi connectivity index (χ0n) is 8.72. The predicted molar refractivity (Wildman–Crippen MR) is 61.0 cm³/mol. The van der Waals surface area contributed by atoms with Crippen LogP contribution >= 0.6 is 15.9 Å². The van der Waals surface area contributed by atoms with Gasteiger partial charge in [-0.3, -0.25) is 0 Å². The lowest BCUT2D eigenvalue weighted by molar-refractivity contribution is 0.111. The molecule has 1 N–H and O–H groups in total. The molecule has 1 aromatic carbocycles. The van der Waals surface area contributed by atoms with Crippen molar-refractivity contribution in [2.24, 2.45) is 5.92 Å². The third kappa shape index (κ3) is 2.28.